The topological polar surface area (TPSA) is 100 Å². The number of hydrogen-bond acceptors (Lipinski definition) is 7. The van der Waals surface area contributed by atoms with Crippen LogP contribution in [0.3, 0.4) is 0 Å². The van der Waals surface area contributed by atoms with Gasteiger partial charge >= 0.3 is 6.18 Å². The molecule has 0 amide bonds. The van der Waals surface area contributed by atoms with Gasteiger partial charge in [0.25, 0.3) is 0 Å². The molecule has 3 heterocycles. The number of aliphatic hydroxyl groups excluding tert-OH is 1. The Kier molecular flexibility index (Phi) is 7.47. The van der Waals surface area contributed by atoms with Gasteiger partial charge in [-0.05, 0) is 56.7 Å². The van der Waals surface area contributed by atoms with Gasteiger partial charge in [0.05, 0.1) is 36.6 Å². The summed E-state index contributed by atoms with van der Waals surface area (Å²) < 4.78 is 53.9. The van der Waals surface area contributed by atoms with Gasteiger partial charge in [0, 0.05) is 25.1 Å². The highest BCUT2D eigenvalue weighted by molar-refractivity contribution is 5.30. The first-order valence-corrected chi connectivity index (χ1v) is 12.6. The monoisotopic (exact) mass is 520 g/mol. The lowest BCUT2D eigenvalue weighted by Gasteiger charge is -2.28. The molecule has 0 bridgehead atoms. The van der Waals surface area contributed by atoms with Gasteiger partial charge in [0.15, 0.2) is 5.82 Å². The van der Waals surface area contributed by atoms with Crippen molar-refractivity contribution in [3.63, 3.8) is 0 Å². The second kappa shape index (κ2) is 10.8. The Morgan fingerprint density at radius 2 is 1.84 bits per heavy atom. The van der Waals surface area contributed by atoms with E-state index in [1.54, 1.807) is 0 Å². The number of aliphatic hydroxyl groups is 1. The predicted molar refractivity (Wildman–Crippen MR) is 126 cm³/mol. The molecule has 1 saturated carbocycles. The van der Waals surface area contributed by atoms with Gasteiger partial charge in [-0.3, -0.25) is 0 Å². The number of benzene rings is 1. The Balaban J connectivity index is 1.15. The molecule has 2 fully saturated rings. The highest BCUT2D eigenvalue weighted by Gasteiger charge is 2.31. The standard InChI is InChI=1S/C25H31F3N6O3/c1-33-23(15-37-20-4-2-3-18(11-20)25(26,27)28)30-31-24(33)17-7-5-16(6-8-17)22-12-34(32-29-22)19-9-10-21(13-35)36-14-19/h2-4,11-12,16-17,19,21,35H,5-10,13-15H2,1H3/t16-,17-,19-,21+/m1/s1. The molecular formula is C25H31F3N6O3. The summed E-state index contributed by atoms with van der Waals surface area (Å²) in [5.74, 6) is 2.14. The molecule has 5 rings (SSSR count). The fourth-order valence-electron chi connectivity index (χ4n) is 5.21. The number of nitrogens with zero attached hydrogens (tertiary/aromatic N) is 6. The van der Waals surface area contributed by atoms with Crippen molar-refractivity contribution in [2.75, 3.05) is 13.2 Å². The average Bonchev–Trinajstić information content (AvgIpc) is 3.55. The van der Waals surface area contributed by atoms with E-state index in [4.69, 9.17) is 9.47 Å². The van der Waals surface area contributed by atoms with Gasteiger partial charge < -0.3 is 19.1 Å². The molecule has 1 aliphatic carbocycles. The SMILES string of the molecule is Cn1c(COc2cccc(C(F)(F)F)c2)nnc1[C@H]1CC[C@H](c2cn([C@@H]3CC[C@@H](CO)OC3)nn2)CC1. The van der Waals surface area contributed by atoms with Crippen molar-refractivity contribution in [1.82, 2.24) is 29.8 Å². The molecule has 1 aromatic carbocycles. The third kappa shape index (κ3) is 5.80. The molecular weight excluding hydrogens is 489 g/mol. The van der Waals surface area contributed by atoms with E-state index >= 15 is 0 Å². The van der Waals surface area contributed by atoms with Crippen LogP contribution in [-0.4, -0.2) is 54.2 Å². The van der Waals surface area contributed by atoms with Crippen LogP contribution in [0.1, 0.15) is 79.3 Å². The quantitative estimate of drug-likeness (QED) is 0.499. The van der Waals surface area contributed by atoms with Crippen LogP contribution in [0.5, 0.6) is 5.75 Å². The van der Waals surface area contributed by atoms with Gasteiger partial charge in [-0.2, -0.15) is 13.2 Å². The predicted octanol–water partition coefficient (Wildman–Crippen LogP) is 4.16. The Hall–Kier alpha value is -2.99. The van der Waals surface area contributed by atoms with Gasteiger partial charge in [-0.1, -0.05) is 11.3 Å². The Morgan fingerprint density at radius 1 is 1.05 bits per heavy atom. The van der Waals surface area contributed by atoms with Crippen molar-refractivity contribution in [3.8, 4) is 5.75 Å². The molecule has 37 heavy (non-hydrogen) atoms. The molecule has 0 radical (unpaired) electrons. The Morgan fingerprint density at radius 3 is 2.54 bits per heavy atom. The van der Waals surface area contributed by atoms with Crippen LogP contribution in [0.4, 0.5) is 13.2 Å². The molecule has 2 atom stereocenters. The third-order valence-electron chi connectivity index (χ3n) is 7.49. The summed E-state index contributed by atoms with van der Waals surface area (Å²) in [6.07, 6.45) is 3.04. The maximum Gasteiger partial charge on any atom is 0.416 e. The number of aromatic nitrogens is 6. The highest BCUT2D eigenvalue weighted by Crippen LogP contribution is 2.39. The largest absolute Gasteiger partial charge is 0.486 e. The molecule has 0 spiro atoms. The first-order chi connectivity index (χ1) is 17.8. The number of ether oxygens (including phenoxy) is 2. The highest BCUT2D eigenvalue weighted by atomic mass is 19.4. The fraction of sp³-hybridized carbons (Fsp3) is 0.600. The van der Waals surface area contributed by atoms with E-state index in [9.17, 15) is 18.3 Å². The lowest BCUT2D eigenvalue weighted by Crippen LogP contribution is -2.30. The van der Waals surface area contributed by atoms with E-state index in [2.05, 4.69) is 20.5 Å². The second-order valence-electron chi connectivity index (χ2n) is 9.89. The molecule has 1 saturated heterocycles. The molecule has 200 valence electrons. The van der Waals surface area contributed by atoms with E-state index in [0.717, 1.165) is 62.2 Å². The van der Waals surface area contributed by atoms with Crippen molar-refractivity contribution >= 4 is 0 Å². The van der Waals surface area contributed by atoms with E-state index in [1.165, 1.54) is 12.1 Å². The zero-order valence-corrected chi connectivity index (χ0v) is 20.6. The second-order valence-corrected chi connectivity index (χ2v) is 9.89. The molecule has 1 N–H and O–H groups in total. The first-order valence-electron chi connectivity index (χ1n) is 12.6. The van der Waals surface area contributed by atoms with Crippen LogP contribution in [0.2, 0.25) is 0 Å². The molecule has 9 nitrogen and oxygen atoms in total. The van der Waals surface area contributed by atoms with Crippen LogP contribution in [0.15, 0.2) is 30.5 Å². The summed E-state index contributed by atoms with van der Waals surface area (Å²) in [4.78, 5) is 0. The van der Waals surface area contributed by atoms with Crippen molar-refractivity contribution < 1.29 is 27.8 Å². The summed E-state index contributed by atoms with van der Waals surface area (Å²) in [5.41, 5.74) is 0.249. The van der Waals surface area contributed by atoms with E-state index < -0.39 is 11.7 Å². The molecule has 3 aromatic rings. The number of halogens is 3. The van der Waals surface area contributed by atoms with Crippen molar-refractivity contribution in [3.05, 3.63) is 53.4 Å². The van der Waals surface area contributed by atoms with E-state index in [-0.39, 0.29) is 37.0 Å². The Labute approximate surface area is 212 Å². The van der Waals surface area contributed by atoms with Crippen LogP contribution in [0, 0.1) is 0 Å². The Bertz CT molecular complexity index is 1180. The van der Waals surface area contributed by atoms with Gasteiger partial charge in [-0.25, -0.2) is 4.68 Å². The summed E-state index contributed by atoms with van der Waals surface area (Å²) in [5, 5.41) is 26.6. The lowest BCUT2D eigenvalue weighted by atomic mass is 9.80. The maximum absolute atomic E-state index is 12.9. The molecule has 1 aliphatic heterocycles. The zero-order chi connectivity index (χ0) is 26.0. The van der Waals surface area contributed by atoms with Crippen LogP contribution < -0.4 is 4.74 Å². The molecule has 0 unspecified atom stereocenters. The summed E-state index contributed by atoms with van der Waals surface area (Å²) >= 11 is 0. The maximum atomic E-state index is 12.9. The van der Waals surface area contributed by atoms with Gasteiger partial charge in [0.2, 0.25) is 0 Å². The lowest BCUT2D eigenvalue weighted by molar-refractivity contribution is -0.137. The molecule has 12 heteroatoms. The average molecular weight is 521 g/mol. The van der Waals surface area contributed by atoms with Crippen molar-refractivity contribution in [1.29, 1.82) is 0 Å². The molecule has 2 aromatic heterocycles. The van der Waals surface area contributed by atoms with Crippen LogP contribution in [-0.2, 0) is 24.6 Å². The molecule has 2 aliphatic rings. The smallest absolute Gasteiger partial charge is 0.416 e. The third-order valence-corrected chi connectivity index (χ3v) is 7.49. The van der Waals surface area contributed by atoms with Crippen LogP contribution >= 0.6 is 0 Å². The minimum absolute atomic E-state index is 0.0349. The minimum atomic E-state index is -4.42. The number of hydrogen-bond donors (Lipinski definition) is 1. The van der Waals surface area contributed by atoms with Crippen LogP contribution in [0.25, 0.3) is 0 Å². The number of alkyl halides is 3. The minimum Gasteiger partial charge on any atom is -0.486 e. The summed E-state index contributed by atoms with van der Waals surface area (Å²) in [6, 6.07) is 4.98. The van der Waals surface area contributed by atoms with Gasteiger partial charge in [0.1, 0.15) is 18.2 Å². The van der Waals surface area contributed by atoms with E-state index in [0.29, 0.717) is 18.3 Å². The normalized spacial score (nSPS) is 24.8. The fourth-order valence-corrected chi connectivity index (χ4v) is 5.21. The van der Waals surface area contributed by atoms with Crippen molar-refractivity contribution in [2.45, 2.75) is 75.3 Å². The zero-order valence-electron chi connectivity index (χ0n) is 20.6. The van der Waals surface area contributed by atoms with E-state index in [1.807, 2.05) is 22.5 Å². The summed E-state index contributed by atoms with van der Waals surface area (Å²) in [7, 11) is 1.87. The number of rotatable bonds is 7. The van der Waals surface area contributed by atoms with Gasteiger partial charge in [-0.15, -0.1) is 15.3 Å². The summed E-state index contributed by atoms with van der Waals surface area (Å²) in [6.45, 7) is 0.619. The first kappa shape index (κ1) is 25.7. The van der Waals surface area contributed by atoms with Crippen molar-refractivity contribution in [2.24, 2.45) is 7.05 Å².